The number of benzene rings is 3. The predicted octanol–water partition coefficient (Wildman–Crippen LogP) is 5.86. The summed E-state index contributed by atoms with van der Waals surface area (Å²) in [7, 11) is 1.79. The molecule has 7 heteroatoms. The highest BCUT2D eigenvalue weighted by molar-refractivity contribution is 9.10. The molecule has 4 rings (SSSR count). The quantitative estimate of drug-likeness (QED) is 0.369. The van der Waals surface area contributed by atoms with Crippen molar-refractivity contribution in [3.05, 3.63) is 99.8 Å². The van der Waals surface area contributed by atoms with Crippen molar-refractivity contribution in [3.8, 4) is 5.75 Å². The minimum Gasteiger partial charge on any atom is -0.490 e. The van der Waals surface area contributed by atoms with Gasteiger partial charge in [0.15, 0.2) is 0 Å². The topological polar surface area (TPSA) is 49.9 Å². The average Bonchev–Trinajstić information content (AvgIpc) is 2.87. The number of likely N-dealkylation sites (tertiary alicyclic amines) is 1. The molecule has 0 bridgehead atoms. The summed E-state index contributed by atoms with van der Waals surface area (Å²) in [6, 6.07) is 22.0. The van der Waals surface area contributed by atoms with Gasteiger partial charge in [-0.15, -0.1) is 0 Å². The Hall–Kier alpha value is -3.19. The van der Waals surface area contributed by atoms with Crippen molar-refractivity contribution >= 4 is 27.7 Å². The number of carbonyl (C=O) groups is 2. The van der Waals surface area contributed by atoms with Gasteiger partial charge in [0.25, 0.3) is 5.91 Å². The molecule has 1 fully saturated rings. The van der Waals surface area contributed by atoms with Crippen molar-refractivity contribution in [2.75, 3.05) is 20.1 Å². The number of carbonyl (C=O) groups excluding carboxylic acids is 2. The SMILES string of the molecule is Cc1ccc(C(=O)N2CC[C@H](Oc3cccc(Br)c3)[C@@H](CC(=O)N(C)Cc3ccccc3)C2)cc1F. The Morgan fingerprint density at radius 1 is 1.08 bits per heavy atom. The van der Waals surface area contributed by atoms with E-state index in [0.717, 1.165) is 10.0 Å². The van der Waals surface area contributed by atoms with Gasteiger partial charge in [0.1, 0.15) is 17.7 Å². The second-order valence-electron chi connectivity index (χ2n) is 9.32. The van der Waals surface area contributed by atoms with E-state index in [1.54, 1.807) is 35.9 Å². The molecule has 0 aliphatic carbocycles. The van der Waals surface area contributed by atoms with Crippen LogP contribution in [-0.2, 0) is 11.3 Å². The van der Waals surface area contributed by atoms with Gasteiger partial charge in [-0.1, -0.05) is 58.4 Å². The van der Waals surface area contributed by atoms with E-state index in [4.69, 9.17) is 4.74 Å². The van der Waals surface area contributed by atoms with Crippen molar-refractivity contribution in [3.63, 3.8) is 0 Å². The van der Waals surface area contributed by atoms with Crippen LogP contribution in [-0.4, -0.2) is 47.9 Å². The number of aryl methyl sites for hydroxylation is 1. The normalized spacial score (nSPS) is 17.5. The van der Waals surface area contributed by atoms with Crippen LogP contribution in [0.2, 0.25) is 0 Å². The van der Waals surface area contributed by atoms with Crippen LogP contribution in [0.5, 0.6) is 5.75 Å². The van der Waals surface area contributed by atoms with Crippen LogP contribution < -0.4 is 4.74 Å². The molecule has 1 heterocycles. The van der Waals surface area contributed by atoms with Gasteiger partial charge in [0, 0.05) is 55.5 Å². The van der Waals surface area contributed by atoms with Gasteiger partial charge in [0.05, 0.1) is 0 Å². The third kappa shape index (κ3) is 6.52. The molecule has 36 heavy (non-hydrogen) atoms. The van der Waals surface area contributed by atoms with Crippen molar-refractivity contribution in [1.29, 1.82) is 0 Å². The Kier molecular flexibility index (Phi) is 8.41. The lowest BCUT2D eigenvalue weighted by atomic mass is 9.90. The highest BCUT2D eigenvalue weighted by Crippen LogP contribution is 2.29. The first-order valence-electron chi connectivity index (χ1n) is 12.1. The maximum absolute atomic E-state index is 14.1. The second kappa shape index (κ2) is 11.7. The summed E-state index contributed by atoms with van der Waals surface area (Å²) in [5, 5.41) is 0. The lowest BCUT2D eigenvalue weighted by Crippen LogP contribution is -2.49. The first kappa shape index (κ1) is 25.9. The fourth-order valence-corrected chi connectivity index (χ4v) is 4.87. The lowest BCUT2D eigenvalue weighted by Gasteiger charge is -2.39. The van der Waals surface area contributed by atoms with Crippen LogP contribution in [0.1, 0.15) is 34.3 Å². The fourth-order valence-electron chi connectivity index (χ4n) is 4.50. The molecule has 1 saturated heterocycles. The molecular weight excluding hydrogens is 523 g/mol. The fraction of sp³-hybridized carbons (Fsp3) is 0.310. The maximum Gasteiger partial charge on any atom is 0.253 e. The zero-order valence-electron chi connectivity index (χ0n) is 20.5. The third-order valence-electron chi connectivity index (χ3n) is 6.58. The summed E-state index contributed by atoms with van der Waals surface area (Å²) in [6.45, 7) is 3.01. The molecule has 1 aliphatic heterocycles. The molecule has 2 amide bonds. The Bertz CT molecular complexity index is 1220. The number of ether oxygens (including phenoxy) is 1. The maximum atomic E-state index is 14.1. The molecule has 0 spiro atoms. The highest BCUT2D eigenvalue weighted by Gasteiger charge is 2.35. The molecule has 3 aromatic carbocycles. The molecule has 1 aliphatic rings. The van der Waals surface area contributed by atoms with Crippen molar-refractivity contribution in [2.24, 2.45) is 5.92 Å². The summed E-state index contributed by atoms with van der Waals surface area (Å²) < 4.78 is 21.3. The van der Waals surface area contributed by atoms with Gasteiger partial charge in [-0.2, -0.15) is 0 Å². The molecular formula is C29H30BrFN2O3. The van der Waals surface area contributed by atoms with Crippen LogP contribution in [0.15, 0.2) is 77.3 Å². The minimum absolute atomic E-state index is 0.0117. The third-order valence-corrected chi connectivity index (χ3v) is 7.07. The predicted molar refractivity (Wildman–Crippen MR) is 141 cm³/mol. The number of nitrogens with zero attached hydrogens (tertiary/aromatic N) is 2. The van der Waals surface area contributed by atoms with Gasteiger partial charge in [-0.25, -0.2) is 4.39 Å². The number of amides is 2. The van der Waals surface area contributed by atoms with E-state index in [1.807, 2.05) is 54.6 Å². The second-order valence-corrected chi connectivity index (χ2v) is 10.2. The summed E-state index contributed by atoms with van der Waals surface area (Å²) in [4.78, 5) is 29.8. The number of hydrogen-bond acceptors (Lipinski definition) is 3. The molecule has 5 nitrogen and oxygen atoms in total. The molecule has 0 radical (unpaired) electrons. The van der Waals surface area contributed by atoms with Gasteiger partial charge in [-0.3, -0.25) is 9.59 Å². The number of halogens is 2. The van der Waals surface area contributed by atoms with Crippen molar-refractivity contribution < 1.29 is 18.7 Å². The Balaban J connectivity index is 1.50. The lowest BCUT2D eigenvalue weighted by molar-refractivity contribution is -0.132. The molecule has 0 unspecified atom stereocenters. The first-order chi connectivity index (χ1) is 17.3. The van der Waals surface area contributed by atoms with Crippen LogP contribution in [0, 0.1) is 18.7 Å². The zero-order chi connectivity index (χ0) is 25.7. The van der Waals surface area contributed by atoms with Gasteiger partial charge >= 0.3 is 0 Å². The molecule has 0 aromatic heterocycles. The zero-order valence-corrected chi connectivity index (χ0v) is 22.1. The monoisotopic (exact) mass is 552 g/mol. The smallest absolute Gasteiger partial charge is 0.253 e. The summed E-state index contributed by atoms with van der Waals surface area (Å²) in [5.74, 6) is -0.136. The number of rotatable bonds is 7. The average molecular weight is 553 g/mol. The van der Waals surface area contributed by atoms with Gasteiger partial charge in [-0.05, 0) is 48.4 Å². The Morgan fingerprint density at radius 3 is 2.58 bits per heavy atom. The first-order valence-corrected chi connectivity index (χ1v) is 12.8. The van der Waals surface area contributed by atoms with E-state index in [-0.39, 0.29) is 30.3 Å². The Labute approximate surface area is 220 Å². The summed E-state index contributed by atoms with van der Waals surface area (Å²) >= 11 is 3.47. The number of piperidine rings is 1. The van der Waals surface area contributed by atoms with Crippen LogP contribution in [0.25, 0.3) is 0 Å². The largest absolute Gasteiger partial charge is 0.490 e. The van der Waals surface area contributed by atoms with Crippen LogP contribution in [0.4, 0.5) is 4.39 Å². The van der Waals surface area contributed by atoms with Crippen molar-refractivity contribution in [1.82, 2.24) is 9.80 Å². The summed E-state index contributed by atoms with van der Waals surface area (Å²) in [6.07, 6.45) is 0.591. The van der Waals surface area contributed by atoms with Gasteiger partial charge in [0.2, 0.25) is 5.91 Å². The number of hydrogen-bond donors (Lipinski definition) is 0. The molecule has 3 aromatic rings. The Morgan fingerprint density at radius 2 is 1.86 bits per heavy atom. The van der Waals surface area contributed by atoms with E-state index in [2.05, 4.69) is 15.9 Å². The molecule has 188 valence electrons. The standard InChI is InChI=1S/C29H30BrFN2O3/c1-20-11-12-22(15-26(20)31)29(35)33-14-13-27(36-25-10-6-9-24(30)17-25)23(19-33)16-28(34)32(2)18-21-7-4-3-5-8-21/h3-12,15,17,23,27H,13-14,16,18-19H2,1-2H3/t23-,27-/m0/s1. The van der Waals surface area contributed by atoms with E-state index in [0.29, 0.717) is 42.9 Å². The van der Waals surface area contributed by atoms with Crippen LogP contribution in [0.3, 0.4) is 0 Å². The van der Waals surface area contributed by atoms with E-state index < -0.39 is 5.82 Å². The minimum atomic E-state index is -0.400. The molecule has 2 atom stereocenters. The van der Waals surface area contributed by atoms with Crippen LogP contribution >= 0.6 is 15.9 Å². The van der Waals surface area contributed by atoms with E-state index >= 15 is 0 Å². The van der Waals surface area contributed by atoms with E-state index in [9.17, 15) is 14.0 Å². The molecule has 0 saturated carbocycles. The van der Waals surface area contributed by atoms with E-state index in [1.165, 1.54) is 6.07 Å². The van der Waals surface area contributed by atoms with Crippen molar-refractivity contribution in [2.45, 2.75) is 32.4 Å². The highest BCUT2D eigenvalue weighted by atomic mass is 79.9. The summed E-state index contributed by atoms with van der Waals surface area (Å²) in [5.41, 5.74) is 1.87. The van der Waals surface area contributed by atoms with Gasteiger partial charge < -0.3 is 14.5 Å². The molecule has 0 N–H and O–H groups in total.